The Labute approximate surface area is 98.4 Å². The standard InChI is InChI=1S/C13H24NO2/c1-3-16-13(15)11-7-6-10-14(2)9-5-4-8-12(11)14/h11-12H,3-10H2,1-2H3/q+1/t11-,12-,14+/m0/s1. The molecule has 0 aromatic rings. The number of nitrogens with zero attached hydrogens (tertiary/aromatic N) is 1. The summed E-state index contributed by atoms with van der Waals surface area (Å²) >= 11 is 0. The number of hydrogen-bond donors (Lipinski definition) is 0. The van der Waals surface area contributed by atoms with Gasteiger partial charge >= 0.3 is 5.97 Å². The van der Waals surface area contributed by atoms with Crippen molar-refractivity contribution in [2.75, 3.05) is 26.7 Å². The van der Waals surface area contributed by atoms with E-state index in [-0.39, 0.29) is 11.9 Å². The number of carbonyl (C=O) groups excluding carboxylic acids is 1. The summed E-state index contributed by atoms with van der Waals surface area (Å²) in [5.74, 6) is 0.220. The first-order valence-electron chi connectivity index (χ1n) is 6.68. The summed E-state index contributed by atoms with van der Waals surface area (Å²) in [6.07, 6.45) is 6.03. The molecule has 0 N–H and O–H groups in total. The fourth-order valence-electron chi connectivity index (χ4n) is 3.61. The van der Waals surface area contributed by atoms with Crippen LogP contribution < -0.4 is 0 Å². The van der Waals surface area contributed by atoms with E-state index >= 15 is 0 Å². The number of ether oxygens (including phenoxy) is 1. The first-order valence-corrected chi connectivity index (χ1v) is 6.68. The van der Waals surface area contributed by atoms with E-state index in [1.54, 1.807) is 0 Å². The van der Waals surface area contributed by atoms with Crippen molar-refractivity contribution in [1.82, 2.24) is 0 Å². The molecular weight excluding hydrogens is 202 g/mol. The van der Waals surface area contributed by atoms with Crippen LogP contribution in [0.2, 0.25) is 0 Å². The molecule has 0 amide bonds. The lowest BCUT2D eigenvalue weighted by molar-refractivity contribution is -0.945. The maximum absolute atomic E-state index is 12.0. The second-order valence-electron chi connectivity index (χ2n) is 5.49. The Morgan fingerprint density at radius 2 is 2.00 bits per heavy atom. The predicted molar refractivity (Wildman–Crippen MR) is 62.9 cm³/mol. The number of piperidine rings is 2. The van der Waals surface area contributed by atoms with E-state index in [1.807, 2.05) is 6.92 Å². The molecule has 0 unspecified atom stereocenters. The Morgan fingerprint density at radius 3 is 2.75 bits per heavy atom. The molecule has 0 aromatic carbocycles. The van der Waals surface area contributed by atoms with E-state index in [0.717, 1.165) is 10.9 Å². The van der Waals surface area contributed by atoms with Gasteiger partial charge in [-0.3, -0.25) is 4.79 Å². The van der Waals surface area contributed by atoms with Crippen LogP contribution in [0.25, 0.3) is 0 Å². The van der Waals surface area contributed by atoms with Crippen LogP contribution in [0.3, 0.4) is 0 Å². The number of quaternary nitrogens is 1. The van der Waals surface area contributed by atoms with Crippen molar-refractivity contribution >= 4 is 5.97 Å². The van der Waals surface area contributed by atoms with E-state index in [2.05, 4.69) is 7.05 Å². The van der Waals surface area contributed by atoms with Crippen LogP contribution in [-0.4, -0.2) is 43.2 Å². The Morgan fingerprint density at radius 1 is 1.25 bits per heavy atom. The van der Waals surface area contributed by atoms with Gasteiger partial charge < -0.3 is 9.22 Å². The van der Waals surface area contributed by atoms with Gasteiger partial charge in [0.1, 0.15) is 12.0 Å². The summed E-state index contributed by atoms with van der Waals surface area (Å²) in [5, 5.41) is 0. The summed E-state index contributed by atoms with van der Waals surface area (Å²) < 4.78 is 6.34. The van der Waals surface area contributed by atoms with Gasteiger partial charge in [0.15, 0.2) is 0 Å². The molecule has 3 heteroatoms. The average Bonchev–Trinajstić information content (AvgIpc) is 2.27. The quantitative estimate of drug-likeness (QED) is 0.531. The SMILES string of the molecule is CCOC(=O)[C@H]1CCC[N@@+]2(C)CCCC[C@@H]12. The third-order valence-electron chi connectivity index (χ3n) is 4.46. The van der Waals surface area contributed by atoms with Crippen molar-refractivity contribution in [2.45, 2.75) is 45.1 Å². The van der Waals surface area contributed by atoms with Gasteiger partial charge in [0.05, 0.1) is 26.7 Å². The molecule has 3 atom stereocenters. The lowest BCUT2D eigenvalue weighted by Crippen LogP contribution is -2.62. The largest absolute Gasteiger partial charge is 0.466 e. The Kier molecular flexibility index (Phi) is 3.53. The summed E-state index contributed by atoms with van der Waals surface area (Å²) in [7, 11) is 2.33. The van der Waals surface area contributed by atoms with Gasteiger partial charge in [0, 0.05) is 6.42 Å². The number of hydrogen-bond acceptors (Lipinski definition) is 2. The highest BCUT2D eigenvalue weighted by Gasteiger charge is 2.46. The predicted octanol–water partition coefficient (Wildman–Crippen LogP) is 1.96. The van der Waals surface area contributed by atoms with Gasteiger partial charge in [-0.1, -0.05) is 0 Å². The van der Waals surface area contributed by atoms with Crippen LogP contribution in [0.1, 0.15) is 39.0 Å². The molecule has 0 aliphatic carbocycles. The summed E-state index contributed by atoms with van der Waals surface area (Å²) in [6, 6.07) is 0.529. The minimum absolute atomic E-state index is 0.0541. The van der Waals surface area contributed by atoms with Crippen molar-refractivity contribution in [3.63, 3.8) is 0 Å². The van der Waals surface area contributed by atoms with Gasteiger partial charge in [-0.25, -0.2) is 0 Å². The van der Waals surface area contributed by atoms with Crippen LogP contribution in [-0.2, 0) is 9.53 Å². The molecule has 2 rings (SSSR count). The van der Waals surface area contributed by atoms with E-state index in [9.17, 15) is 4.79 Å². The minimum atomic E-state index is 0.0541. The van der Waals surface area contributed by atoms with Crippen molar-refractivity contribution in [3.05, 3.63) is 0 Å². The topological polar surface area (TPSA) is 26.3 Å². The monoisotopic (exact) mass is 226 g/mol. The molecule has 16 heavy (non-hydrogen) atoms. The lowest BCUT2D eigenvalue weighted by atomic mass is 9.81. The molecule has 0 radical (unpaired) electrons. The maximum Gasteiger partial charge on any atom is 0.314 e. The molecule has 2 heterocycles. The van der Waals surface area contributed by atoms with Crippen molar-refractivity contribution in [2.24, 2.45) is 5.92 Å². The average molecular weight is 226 g/mol. The van der Waals surface area contributed by atoms with Crippen LogP contribution in [0.15, 0.2) is 0 Å². The third-order valence-corrected chi connectivity index (χ3v) is 4.46. The highest BCUT2D eigenvalue weighted by atomic mass is 16.5. The third kappa shape index (κ3) is 2.10. The van der Waals surface area contributed by atoms with E-state index in [0.29, 0.717) is 12.6 Å². The van der Waals surface area contributed by atoms with Gasteiger partial charge in [0.25, 0.3) is 0 Å². The molecule has 0 spiro atoms. The zero-order chi connectivity index (χ0) is 11.6. The molecule has 2 aliphatic heterocycles. The van der Waals surface area contributed by atoms with Crippen LogP contribution in [0.5, 0.6) is 0 Å². The minimum Gasteiger partial charge on any atom is -0.466 e. The lowest BCUT2D eigenvalue weighted by Gasteiger charge is -2.50. The summed E-state index contributed by atoms with van der Waals surface area (Å²) in [5.41, 5.74) is 0. The smallest absolute Gasteiger partial charge is 0.314 e. The number of carbonyl (C=O) groups is 1. The van der Waals surface area contributed by atoms with Crippen molar-refractivity contribution in [1.29, 1.82) is 0 Å². The van der Waals surface area contributed by atoms with Gasteiger partial charge in [-0.15, -0.1) is 0 Å². The molecule has 3 nitrogen and oxygen atoms in total. The molecule has 2 saturated heterocycles. The van der Waals surface area contributed by atoms with Gasteiger partial charge in [-0.2, -0.15) is 0 Å². The van der Waals surface area contributed by atoms with Crippen LogP contribution >= 0.6 is 0 Å². The van der Waals surface area contributed by atoms with Crippen molar-refractivity contribution in [3.8, 4) is 0 Å². The zero-order valence-corrected chi connectivity index (χ0v) is 10.6. The Hall–Kier alpha value is -0.570. The molecule has 0 bridgehead atoms. The van der Waals surface area contributed by atoms with Gasteiger partial charge in [-0.05, 0) is 32.6 Å². The Balaban J connectivity index is 2.10. The normalized spacial score (nSPS) is 38.9. The number of fused-ring (bicyclic) bond motifs is 1. The van der Waals surface area contributed by atoms with E-state index in [1.165, 1.54) is 38.8 Å². The highest BCUT2D eigenvalue weighted by Crippen LogP contribution is 2.36. The number of rotatable bonds is 2. The fraction of sp³-hybridized carbons (Fsp3) is 0.923. The van der Waals surface area contributed by atoms with Crippen LogP contribution in [0.4, 0.5) is 0 Å². The van der Waals surface area contributed by atoms with E-state index < -0.39 is 0 Å². The Bertz CT molecular complexity index is 263. The van der Waals surface area contributed by atoms with Crippen molar-refractivity contribution < 1.29 is 14.0 Å². The van der Waals surface area contributed by atoms with E-state index in [4.69, 9.17) is 4.74 Å². The summed E-state index contributed by atoms with van der Waals surface area (Å²) in [4.78, 5) is 12.0. The molecule has 0 saturated carbocycles. The molecule has 2 aliphatic rings. The number of esters is 1. The van der Waals surface area contributed by atoms with Crippen LogP contribution in [0, 0.1) is 5.92 Å². The second kappa shape index (κ2) is 4.74. The highest BCUT2D eigenvalue weighted by molar-refractivity contribution is 5.73. The first-order chi connectivity index (χ1) is 7.67. The fourth-order valence-corrected chi connectivity index (χ4v) is 3.61. The molecule has 2 fully saturated rings. The molecule has 0 aromatic heterocycles. The molecular formula is C13H24NO2+. The maximum atomic E-state index is 12.0. The zero-order valence-electron chi connectivity index (χ0n) is 10.6. The van der Waals surface area contributed by atoms with Gasteiger partial charge in [0.2, 0.25) is 0 Å². The molecule has 92 valence electrons. The first kappa shape index (κ1) is 11.9. The second-order valence-corrected chi connectivity index (χ2v) is 5.49. The summed E-state index contributed by atoms with van der Waals surface area (Å²) in [6.45, 7) is 4.92.